The van der Waals surface area contributed by atoms with Crippen LogP contribution in [0, 0.1) is 0 Å². The number of ether oxygens (including phenoxy) is 1. The Hall–Kier alpha value is -1.22. The maximum Gasteiger partial charge on any atom is 0.145 e. The van der Waals surface area contributed by atoms with Crippen molar-refractivity contribution in [1.29, 1.82) is 0 Å². The van der Waals surface area contributed by atoms with Crippen LogP contribution in [0.2, 0.25) is 0 Å². The van der Waals surface area contributed by atoms with Crippen LogP contribution in [-0.4, -0.2) is 18.4 Å². The van der Waals surface area contributed by atoms with E-state index in [1.807, 2.05) is 24.3 Å². The molecule has 0 atom stereocenters. The van der Waals surface area contributed by atoms with Crippen molar-refractivity contribution in [3.05, 3.63) is 24.3 Å². The van der Waals surface area contributed by atoms with Crippen molar-refractivity contribution in [2.45, 2.75) is 0 Å². The standard InChI is InChI=1S/C8H9NO2/c10-9-5-6-11-8-4-2-1-3-7(8)9/h1-4,10H,5-6H2. The number of rotatable bonds is 0. The van der Waals surface area contributed by atoms with Crippen LogP contribution in [-0.2, 0) is 0 Å². The molecule has 0 fully saturated rings. The van der Waals surface area contributed by atoms with Crippen molar-refractivity contribution in [2.75, 3.05) is 18.2 Å². The Morgan fingerprint density at radius 2 is 2.18 bits per heavy atom. The highest BCUT2D eigenvalue weighted by Gasteiger charge is 2.14. The van der Waals surface area contributed by atoms with E-state index in [9.17, 15) is 5.21 Å². The molecule has 58 valence electrons. The summed E-state index contributed by atoms with van der Waals surface area (Å²) in [4.78, 5) is 0. The van der Waals surface area contributed by atoms with Crippen LogP contribution in [0.4, 0.5) is 5.69 Å². The van der Waals surface area contributed by atoms with Crippen LogP contribution in [0.25, 0.3) is 0 Å². The Morgan fingerprint density at radius 3 is 3.00 bits per heavy atom. The van der Waals surface area contributed by atoms with E-state index >= 15 is 0 Å². The molecule has 0 amide bonds. The fourth-order valence-corrected chi connectivity index (χ4v) is 1.15. The molecular formula is C8H9NO2. The molecule has 1 aromatic rings. The van der Waals surface area contributed by atoms with Crippen molar-refractivity contribution >= 4 is 5.69 Å². The van der Waals surface area contributed by atoms with Gasteiger partial charge in [-0.25, -0.2) is 5.06 Å². The molecule has 1 aliphatic heterocycles. The summed E-state index contributed by atoms with van der Waals surface area (Å²) in [6, 6.07) is 7.43. The zero-order valence-electron chi connectivity index (χ0n) is 6.03. The number of hydrogen-bond acceptors (Lipinski definition) is 3. The fraction of sp³-hybridized carbons (Fsp3) is 0.250. The summed E-state index contributed by atoms with van der Waals surface area (Å²) in [5.74, 6) is 0.751. The van der Waals surface area contributed by atoms with Gasteiger partial charge in [-0.3, -0.25) is 5.21 Å². The minimum Gasteiger partial charge on any atom is -0.489 e. The second kappa shape index (κ2) is 2.43. The van der Waals surface area contributed by atoms with Crippen LogP contribution in [0.15, 0.2) is 24.3 Å². The molecule has 0 spiro atoms. The molecule has 2 rings (SSSR count). The number of fused-ring (bicyclic) bond motifs is 1. The van der Waals surface area contributed by atoms with Crippen LogP contribution in [0.5, 0.6) is 5.75 Å². The van der Waals surface area contributed by atoms with Gasteiger partial charge in [-0.15, -0.1) is 0 Å². The van der Waals surface area contributed by atoms with Gasteiger partial charge in [0.15, 0.2) is 0 Å². The van der Waals surface area contributed by atoms with Gasteiger partial charge in [-0.1, -0.05) is 12.1 Å². The molecule has 0 aliphatic carbocycles. The SMILES string of the molecule is ON1CCOc2ccccc21. The second-order valence-corrected chi connectivity index (χ2v) is 2.44. The molecule has 3 nitrogen and oxygen atoms in total. The monoisotopic (exact) mass is 151 g/mol. The third-order valence-electron chi connectivity index (χ3n) is 1.70. The molecule has 11 heavy (non-hydrogen) atoms. The average Bonchev–Trinajstić information content (AvgIpc) is 2.06. The highest BCUT2D eigenvalue weighted by Crippen LogP contribution is 2.29. The second-order valence-electron chi connectivity index (χ2n) is 2.44. The molecule has 1 N–H and O–H groups in total. The van der Waals surface area contributed by atoms with E-state index in [1.165, 1.54) is 5.06 Å². The number of anilines is 1. The first-order chi connectivity index (χ1) is 5.38. The number of nitrogens with zero attached hydrogens (tertiary/aromatic N) is 1. The predicted octanol–water partition coefficient (Wildman–Crippen LogP) is 1.27. The van der Waals surface area contributed by atoms with E-state index in [0.717, 1.165) is 11.4 Å². The van der Waals surface area contributed by atoms with Gasteiger partial charge < -0.3 is 4.74 Å². The lowest BCUT2D eigenvalue weighted by Gasteiger charge is -2.25. The summed E-state index contributed by atoms with van der Waals surface area (Å²) >= 11 is 0. The Kier molecular flexibility index (Phi) is 1.43. The Labute approximate surface area is 64.8 Å². The van der Waals surface area contributed by atoms with Gasteiger partial charge in [0.1, 0.15) is 18.0 Å². The van der Waals surface area contributed by atoms with E-state index in [1.54, 1.807) is 0 Å². The fourth-order valence-electron chi connectivity index (χ4n) is 1.15. The summed E-state index contributed by atoms with van der Waals surface area (Å²) < 4.78 is 5.29. The van der Waals surface area contributed by atoms with E-state index in [2.05, 4.69) is 0 Å². The normalized spacial score (nSPS) is 15.5. The van der Waals surface area contributed by atoms with E-state index in [0.29, 0.717) is 13.2 Å². The number of benzene rings is 1. The lowest BCUT2D eigenvalue weighted by Crippen LogP contribution is -2.29. The summed E-state index contributed by atoms with van der Waals surface area (Å²) in [7, 11) is 0. The van der Waals surface area contributed by atoms with Gasteiger partial charge in [0.2, 0.25) is 0 Å². The molecule has 1 aromatic carbocycles. The lowest BCUT2D eigenvalue weighted by molar-refractivity contribution is 0.195. The van der Waals surface area contributed by atoms with Crippen LogP contribution in [0.3, 0.4) is 0 Å². The predicted molar refractivity (Wildman–Crippen MR) is 41.1 cm³/mol. The van der Waals surface area contributed by atoms with E-state index in [4.69, 9.17) is 4.74 Å². The Morgan fingerprint density at radius 1 is 1.36 bits per heavy atom. The average molecular weight is 151 g/mol. The third-order valence-corrected chi connectivity index (χ3v) is 1.70. The Balaban J connectivity index is 2.44. The van der Waals surface area contributed by atoms with Crippen molar-refractivity contribution in [1.82, 2.24) is 0 Å². The first kappa shape index (κ1) is 6.49. The smallest absolute Gasteiger partial charge is 0.145 e. The van der Waals surface area contributed by atoms with E-state index in [-0.39, 0.29) is 0 Å². The molecule has 0 radical (unpaired) electrons. The van der Waals surface area contributed by atoms with Crippen molar-refractivity contribution < 1.29 is 9.94 Å². The maximum atomic E-state index is 9.31. The Bertz CT molecular complexity index is 262. The van der Waals surface area contributed by atoms with Crippen molar-refractivity contribution in [2.24, 2.45) is 0 Å². The van der Waals surface area contributed by atoms with Crippen molar-refractivity contribution in [3.63, 3.8) is 0 Å². The zero-order chi connectivity index (χ0) is 7.68. The van der Waals surface area contributed by atoms with Crippen LogP contribution in [0.1, 0.15) is 0 Å². The van der Waals surface area contributed by atoms with Crippen molar-refractivity contribution in [3.8, 4) is 5.75 Å². The number of para-hydroxylation sites is 2. The maximum absolute atomic E-state index is 9.31. The minimum absolute atomic E-state index is 0.539. The third kappa shape index (κ3) is 1.03. The van der Waals surface area contributed by atoms with Gasteiger partial charge in [0.25, 0.3) is 0 Å². The van der Waals surface area contributed by atoms with Gasteiger partial charge >= 0.3 is 0 Å². The summed E-state index contributed by atoms with van der Waals surface area (Å²) in [6.45, 7) is 1.09. The molecule has 1 heterocycles. The summed E-state index contributed by atoms with van der Waals surface area (Å²) in [6.07, 6.45) is 0. The minimum atomic E-state index is 0.539. The quantitative estimate of drug-likeness (QED) is 0.606. The molecule has 1 aliphatic rings. The molecule has 0 unspecified atom stereocenters. The highest BCUT2D eigenvalue weighted by molar-refractivity contribution is 5.57. The molecule has 0 bridgehead atoms. The number of hydroxylamine groups is 1. The van der Waals surface area contributed by atoms with Gasteiger partial charge in [0.05, 0.1) is 6.54 Å². The van der Waals surface area contributed by atoms with Gasteiger partial charge in [0, 0.05) is 0 Å². The van der Waals surface area contributed by atoms with E-state index < -0.39 is 0 Å². The van der Waals surface area contributed by atoms with Gasteiger partial charge in [-0.2, -0.15) is 0 Å². The van der Waals surface area contributed by atoms with Crippen LogP contribution < -0.4 is 9.80 Å². The first-order valence-corrected chi connectivity index (χ1v) is 3.56. The zero-order valence-corrected chi connectivity index (χ0v) is 6.03. The topological polar surface area (TPSA) is 32.7 Å². The summed E-state index contributed by atoms with van der Waals surface area (Å²) in [5, 5.41) is 10.5. The lowest BCUT2D eigenvalue weighted by atomic mass is 10.2. The summed E-state index contributed by atoms with van der Waals surface area (Å²) in [5.41, 5.74) is 0.749. The molecule has 0 aromatic heterocycles. The molecule has 0 saturated heterocycles. The molecular weight excluding hydrogens is 142 g/mol. The van der Waals surface area contributed by atoms with Gasteiger partial charge in [-0.05, 0) is 12.1 Å². The van der Waals surface area contributed by atoms with Crippen LogP contribution >= 0.6 is 0 Å². The molecule has 3 heteroatoms. The highest BCUT2D eigenvalue weighted by atomic mass is 16.5. The largest absolute Gasteiger partial charge is 0.489 e. The number of hydrogen-bond donors (Lipinski definition) is 1. The first-order valence-electron chi connectivity index (χ1n) is 3.56. The molecule has 0 saturated carbocycles.